The highest BCUT2D eigenvalue weighted by atomic mass is 16.5. The van der Waals surface area contributed by atoms with Gasteiger partial charge >= 0.3 is 0 Å². The second-order valence-corrected chi connectivity index (χ2v) is 9.45. The molecule has 1 aliphatic rings. The molecule has 5 aromatic rings. The summed E-state index contributed by atoms with van der Waals surface area (Å²) in [6.07, 6.45) is 3.63. The first-order valence-electron chi connectivity index (χ1n) is 12.9. The van der Waals surface area contributed by atoms with Crippen LogP contribution in [0.3, 0.4) is 0 Å². The molecular formula is C30H30N6O2. The molecule has 4 N–H and O–H groups in total. The molecule has 8 heteroatoms. The number of H-pyrrole nitrogens is 2. The number of hydrogen-bond acceptors (Lipinski definition) is 5. The number of ether oxygens (including phenoxy) is 1. The number of morpholine rings is 1. The summed E-state index contributed by atoms with van der Waals surface area (Å²) >= 11 is 0. The summed E-state index contributed by atoms with van der Waals surface area (Å²) in [5.74, 6) is 0.515. The van der Waals surface area contributed by atoms with E-state index in [2.05, 4.69) is 49.8 Å². The maximum atomic E-state index is 13.3. The third-order valence-corrected chi connectivity index (χ3v) is 6.80. The van der Waals surface area contributed by atoms with Gasteiger partial charge in [-0.05, 0) is 35.4 Å². The monoisotopic (exact) mass is 506 g/mol. The smallest absolute Gasteiger partial charge is 0.257 e. The number of nitrogens with zero attached hydrogens (tertiary/aromatic N) is 2. The number of carbonyl (C=O) groups is 1. The maximum absolute atomic E-state index is 13.3. The van der Waals surface area contributed by atoms with Crippen molar-refractivity contribution in [2.24, 2.45) is 0 Å². The van der Waals surface area contributed by atoms with Crippen molar-refractivity contribution >= 4 is 28.3 Å². The van der Waals surface area contributed by atoms with Gasteiger partial charge in [-0.1, -0.05) is 48.5 Å². The van der Waals surface area contributed by atoms with Crippen LogP contribution in [0.2, 0.25) is 0 Å². The van der Waals surface area contributed by atoms with Crippen molar-refractivity contribution in [1.82, 2.24) is 19.9 Å². The van der Waals surface area contributed by atoms with Gasteiger partial charge in [0.1, 0.15) is 5.82 Å². The molecule has 0 saturated carbocycles. The molecule has 0 unspecified atom stereocenters. The van der Waals surface area contributed by atoms with Gasteiger partial charge in [-0.3, -0.25) is 9.69 Å². The molecule has 0 bridgehead atoms. The van der Waals surface area contributed by atoms with Crippen molar-refractivity contribution in [2.75, 3.05) is 36.9 Å². The lowest BCUT2D eigenvalue weighted by molar-refractivity contribution is 0.0342. The summed E-state index contributed by atoms with van der Waals surface area (Å²) in [5.41, 5.74) is 7.07. The molecule has 1 amide bonds. The number of rotatable bonds is 8. The lowest BCUT2D eigenvalue weighted by atomic mass is 10.1. The summed E-state index contributed by atoms with van der Waals surface area (Å²) in [6.45, 7) is 4.98. The van der Waals surface area contributed by atoms with Crippen molar-refractivity contribution in [3.63, 3.8) is 0 Å². The Morgan fingerprint density at radius 3 is 2.61 bits per heavy atom. The van der Waals surface area contributed by atoms with E-state index in [9.17, 15) is 4.79 Å². The maximum Gasteiger partial charge on any atom is 0.257 e. The minimum atomic E-state index is -0.189. The summed E-state index contributed by atoms with van der Waals surface area (Å²) in [5, 5.41) is 6.46. The van der Waals surface area contributed by atoms with Crippen molar-refractivity contribution in [3.05, 3.63) is 102 Å². The summed E-state index contributed by atoms with van der Waals surface area (Å²) < 4.78 is 5.46. The highest BCUT2D eigenvalue weighted by Crippen LogP contribution is 2.29. The quantitative estimate of drug-likeness (QED) is 0.230. The van der Waals surface area contributed by atoms with E-state index in [4.69, 9.17) is 9.72 Å². The van der Waals surface area contributed by atoms with Crippen LogP contribution in [0.1, 0.15) is 21.5 Å². The van der Waals surface area contributed by atoms with Crippen molar-refractivity contribution in [3.8, 4) is 11.4 Å². The van der Waals surface area contributed by atoms with E-state index in [1.165, 1.54) is 5.56 Å². The molecule has 3 heterocycles. The Kier molecular flexibility index (Phi) is 6.89. The first kappa shape index (κ1) is 24.0. The standard InChI is InChI=1S/C30H30N6O2/c37-30(23-8-4-5-9-25(23)32-17-21-6-2-1-3-7-21)35-28-19-31-18-24(28)29-33-26-11-10-22(16-27(26)34-29)20-36-12-14-38-15-13-36/h1-11,16,18-19,31-32H,12-15,17,20H2,(H,33,34)(H,35,37). The van der Waals surface area contributed by atoms with Crippen molar-refractivity contribution in [2.45, 2.75) is 13.1 Å². The van der Waals surface area contributed by atoms with Gasteiger partial charge in [0.05, 0.1) is 41.1 Å². The number of hydrogen-bond donors (Lipinski definition) is 4. The Morgan fingerprint density at radius 2 is 1.74 bits per heavy atom. The third kappa shape index (κ3) is 5.32. The van der Waals surface area contributed by atoms with Gasteiger partial charge in [-0.2, -0.15) is 0 Å². The number of aromatic amines is 2. The zero-order chi connectivity index (χ0) is 25.7. The Labute approximate surface area is 221 Å². The fourth-order valence-corrected chi connectivity index (χ4v) is 4.78. The number of carbonyl (C=O) groups excluding carboxylic acids is 1. The fourth-order valence-electron chi connectivity index (χ4n) is 4.78. The van der Waals surface area contributed by atoms with E-state index in [1.54, 1.807) is 6.20 Å². The van der Waals surface area contributed by atoms with Crippen LogP contribution in [-0.2, 0) is 17.8 Å². The molecule has 1 aliphatic heterocycles. The Bertz CT molecular complexity index is 1530. The topological polar surface area (TPSA) is 98.1 Å². The average molecular weight is 507 g/mol. The molecule has 3 aromatic carbocycles. The van der Waals surface area contributed by atoms with E-state index in [0.717, 1.165) is 60.7 Å². The minimum Gasteiger partial charge on any atom is -0.380 e. The van der Waals surface area contributed by atoms with Crippen LogP contribution in [0, 0.1) is 0 Å². The van der Waals surface area contributed by atoms with Crippen LogP contribution in [0.4, 0.5) is 11.4 Å². The van der Waals surface area contributed by atoms with Crippen LogP contribution < -0.4 is 10.6 Å². The number of fused-ring (bicyclic) bond motifs is 1. The highest BCUT2D eigenvalue weighted by Gasteiger charge is 2.17. The first-order chi connectivity index (χ1) is 18.7. The van der Waals surface area contributed by atoms with Crippen LogP contribution in [0.5, 0.6) is 0 Å². The summed E-state index contributed by atoms with van der Waals surface area (Å²) in [4.78, 5) is 27.1. The molecular weight excluding hydrogens is 476 g/mol. The second kappa shape index (κ2) is 10.9. The van der Waals surface area contributed by atoms with Gasteiger partial charge < -0.3 is 25.3 Å². The van der Waals surface area contributed by atoms with Crippen molar-refractivity contribution in [1.29, 1.82) is 0 Å². The number of imidazole rings is 1. The number of anilines is 2. The largest absolute Gasteiger partial charge is 0.380 e. The van der Waals surface area contributed by atoms with E-state index < -0.39 is 0 Å². The number of aromatic nitrogens is 3. The van der Waals surface area contributed by atoms with Crippen molar-refractivity contribution < 1.29 is 9.53 Å². The first-order valence-corrected chi connectivity index (χ1v) is 12.9. The van der Waals surface area contributed by atoms with Gasteiger partial charge in [0, 0.05) is 44.3 Å². The summed E-state index contributed by atoms with van der Waals surface area (Å²) in [6, 6.07) is 24.0. The Hall–Kier alpha value is -4.40. The number of benzene rings is 3. The molecule has 1 saturated heterocycles. The molecule has 0 spiro atoms. The zero-order valence-corrected chi connectivity index (χ0v) is 21.0. The SMILES string of the molecule is O=C(Nc1c[nH]cc1-c1nc2ccc(CN3CCOCC3)cc2[nH]1)c1ccccc1NCc1ccccc1. The zero-order valence-electron chi connectivity index (χ0n) is 21.0. The average Bonchev–Trinajstić information content (AvgIpc) is 3.59. The van der Waals surface area contributed by atoms with E-state index in [0.29, 0.717) is 23.6 Å². The molecule has 1 fully saturated rings. The highest BCUT2D eigenvalue weighted by molar-refractivity contribution is 6.09. The predicted molar refractivity (Wildman–Crippen MR) is 150 cm³/mol. The van der Waals surface area contributed by atoms with Crippen LogP contribution >= 0.6 is 0 Å². The van der Waals surface area contributed by atoms with Gasteiger partial charge in [0.15, 0.2) is 0 Å². The van der Waals surface area contributed by atoms with Crippen LogP contribution in [0.25, 0.3) is 22.4 Å². The molecule has 0 radical (unpaired) electrons. The molecule has 6 rings (SSSR count). The molecule has 8 nitrogen and oxygen atoms in total. The molecule has 0 atom stereocenters. The molecule has 192 valence electrons. The lowest BCUT2D eigenvalue weighted by Crippen LogP contribution is -2.35. The number of para-hydroxylation sites is 1. The van der Waals surface area contributed by atoms with Gasteiger partial charge in [0.2, 0.25) is 0 Å². The Balaban J connectivity index is 1.19. The van der Waals surface area contributed by atoms with E-state index in [-0.39, 0.29) is 5.91 Å². The Morgan fingerprint density at radius 1 is 0.921 bits per heavy atom. The normalized spacial score (nSPS) is 14.0. The summed E-state index contributed by atoms with van der Waals surface area (Å²) in [7, 11) is 0. The van der Waals surface area contributed by atoms with Crippen LogP contribution in [-0.4, -0.2) is 52.1 Å². The molecule has 0 aliphatic carbocycles. The minimum absolute atomic E-state index is 0.189. The fraction of sp³-hybridized carbons (Fsp3) is 0.200. The van der Waals surface area contributed by atoms with Gasteiger partial charge in [-0.15, -0.1) is 0 Å². The molecule has 38 heavy (non-hydrogen) atoms. The van der Waals surface area contributed by atoms with E-state index in [1.807, 2.05) is 54.7 Å². The van der Waals surface area contributed by atoms with Crippen LogP contribution in [0.15, 0.2) is 85.2 Å². The third-order valence-electron chi connectivity index (χ3n) is 6.80. The van der Waals surface area contributed by atoms with E-state index >= 15 is 0 Å². The number of amides is 1. The van der Waals surface area contributed by atoms with Gasteiger partial charge in [-0.25, -0.2) is 4.98 Å². The molecule has 2 aromatic heterocycles. The van der Waals surface area contributed by atoms with Gasteiger partial charge in [0.25, 0.3) is 5.91 Å². The predicted octanol–water partition coefficient (Wildman–Crippen LogP) is 5.25. The second-order valence-electron chi connectivity index (χ2n) is 9.45. The number of nitrogens with one attached hydrogen (secondary N) is 4. The lowest BCUT2D eigenvalue weighted by Gasteiger charge is -2.26.